The molecule has 0 heterocycles. The molecule has 0 saturated carbocycles. The van der Waals surface area contributed by atoms with Gasteiger partial charge < -0.3 is 15.3 Å². The number of anilines is 1. The summed E-state index contributed by atoms with van der Waals surface area (Å²) >= 11 is 6.09. The quantitative estimate of drug-likeness (QED) is 0.770. The van der Waals surface area contributed by atoms with E-state index >= 15 is 0 Å². The SMILES string of the molecule is CCN(CCO)c1ccc(Cl)cc1CNCC(C)C. The van der Waals surface area contributed by atoms with Gasteiger partial charge in [0, 0.05) is 30.3 Å². The molecule has 2 N–H and O–H groups in total. The minimum Gasteiger partial charge on any atom is -0.395 e. The summed E-state index contributed by atoms with van der Waals surface area (Å²) in [5, 5.41) is 13.3. The van der Waals surface area contributed by atoms with Gasteiger partial charge in [-0.1, -0.05) is 25.4 Å². The molecule has 0 spiro atoms. The van der Waals surface area contributed by atoms with E-state index in [1.54, 1.807) is 0 Å². The van der Waals surface area contributed by atoms with Crippen molar-refractivity contribution < 1.29 is 5.11 Å². The van der Waals surface area contributed by atoms with Crippen molar-refractivity contribution in [2.45, 2.75) is 27.3 Å². The lowest BCUT2D eigenvalue weighted by Crippen LogP contribution is -2.28. The van der Waals surface area contributed by atoms with E-state index in [1.165, 1.54) is 5.56 Å². The molecule has 1 rings (SSSR count). The van der Waals surface area contributed by atoms with Crippen LogP contribution in [0.15, 0.2) is 18.2 Å². The molecule has 0 fully saturated rings. The van der Waals surface area contributed by atoms with Crippen molar-refractivity contribution in [1.29, 1.82) is 0 Å². The second-order valence-electron chi connectivity index (χ2n) is 5.10. The first-order chi connectivity index (χ1) is 9.08. The van der Waals surface area contributed by atoms with Gasteiger partial charge in [-0.15, -0.1) is 0 Å². The van der Waals surface area contributed by atoms with Crippen molar-refractivity contribution >= 4 is 17.3 Å². The average Bonchev–Trinajstić information content (AvgIpc) is 2.36. The predicted octanol–water partition coefficient (Wildman–Crippen LogP) is 2.90. The Kier molecular flexibility index (Phi) is 7.21. The van der Waals surface area contributed by atoms with Gasteiger partial charge in [0.25, 0.3) is 0 Å². The number of nitrogens with one attached hydrogen (secondary N) is 1. The van der Waals surface area contributed by atoms with Crippen molar-refractivity contribution in [1.82, 2.24) is 5.32 Å². The van der Waals surface area contributed by atoms with Crippen LogP contribution in [0.25, 0.3) is 0 Å². The van der Waals surface area contributed by atoms with Crippen molar-refractivity contribution in [3.05, 3.63) is 28.8 Å². The van der Waals surface area contributed by atoms with Crippen LogP contribution in [0, 0.1) is 5.92 Å². The van der Waals surface area contributed by atoms with Gasteiger partial charge in [-0.05, 0) is 43.1 Å². The van der Waals surface area contributed by atoms with E-state index in [4.69, 9.17) is 16.7 Å². The molecular weight excluding hydrogens is 260 g/mol. The van der Waals surface area contributed by atoms with Gasteiger partial charge in [-0.3, -0.25) is 0 Å². The summed E-state index contributed by atoms with van der Waals surface area (Å²) in [6.07, 6.45) is 0. The standard InChI is InChI=1S/C15H25ClN2O/c1-4-18(7-8-19)15-6-5-14(16)9-13(15)11-17-10-12(2)3/h5-6,9,12,17,19H,4,7-8,10-11H2,1-3H3. The number of hydrogen-bond donors (Lipinski definition) is 2. The Labute approximate surface area is 121 Å². The molecule has 0 bridgehead atoms. The smallest absolute Gasteiger partial charge is 0.0606 e. The van der Waals surface area contributed by atoms with E-state index < -0.39 is 0 Å². The molecule has 3 nitrogen and oxygen atoms in total. The fourth-order valence-corrected chi connectivity index (χ4v) is 2.26. The zero-order valence-electron chi connectivity index (χ0n) is 12.1. The van der Waals surface area contributed by atoms with Crippen molar-refractivity contribution in [2.24, 2.45) is 5.92 Å². The number of benzene rings is 1. The second-order valence-corrected chi connectivity index (χ2v) is 5.54. The maximum atomic E-state index is 9.14. The molecule has 19 heavy (non-hydrogen) atoms. The van der Waals surface area contributed by atoms with Gasteiger partial charge in [-0.2, -0.15) is 0 Å². The number of aliphatic hydroxyl groups excluding tert-OH is 1. The molecule has 0 aliphatic rings. The first kappa shape index (κ1) is 16.3. The minimum absolute atomic E-state index is 0.162. The van der Waals surface area contributed by atoms with E-state index in [9.17, 15) is 0 Å². The lowest BCUT2D eigenvalue weighted by Gasteiger charge is -2.25. The second kappa shape index (κ2) is 8.41. The molecule has 4 heteroatoms. The Morgan fingerprint density at radius 1 is 1.37 bits per heavy atom. The molecule has 0 aromatic heterocycles. The minimum atomic E-state index is 0.162. The van der Waals surface area contributed by atoms with E-state index in [1.807, 2.05) is 18.2 Å². The number of likely N-dealkylation sites (N-methyl/N-ethyl adjacent to an activating group) is 1. The third-order valence-corrected chi connectivity index (χ3v) is 3.24. The first-order valence-electron chi connectivity index (χ1n) is 6.93. The molecule has 0 radical (unpaired) electrons. The molecule has 1 aromatic rings. The summed E-state index contributed by atoms with van der Waals surface area (Å²) in [6.45, 7) is 9.94. The van der Waals surface area contributed by atoms with Gasteiger partial charge in [0.15, 0.2) is 0 Å². The third-order valence-electron chi connectivity index (χ3n) is 3.00. The molecular formula is C15H25ClN2O. The fourth-order valence-electron chi connectivity index (χ4n) is 2.07. The van der Waals surface area contributed by atoms with Crippen molar-refractivity contribution in [3.63, 3.8) is 0 Å². The Hall–Kier alpha value is -0.770. The topological polar surface area (TPSA) is 35.5 Å². The monoisotopic (exact) mass is 284 g/mol. The molecule has 0 amide bonds. The maximum Gasteiger partial charge on any atom is 0.0606 e. The molecule has 108 valence electrons. The zero-order chi connectivity index (χ0) is 14.3. The van der Waals surface area contributed by atoms with Crippen LogP contribution in [-0.4, -0.2) is 31.3 Å². The zero-order valence-corrected chi connectivity index (χ0v) is 12.9. The third kappa shape index (κ3) is 5.39. The van der Waals surface area contributed by atoms with E-state index in [2.05, 4.69) is 31.0 Å². The Morgan fingerprint density at radius 2 is 2.11 bits per heavy atom. The molecule has 0 saturated heterocycles. The summed E-state index contributed by atoms with van der Waals surface area (Å²) in [6, 6.07) is 5.95. The Morgan fingerprint density at radius 3 is 2.68 bits per heavy atom. The maximum absolute atomic E-state index is 9.14. The highest BCUT2D eigenvalue weighted by Gasteiger charge is 2.10. The molecule has 0 unspecified atom stereocenters. The van der Waals surface area contributed by atoms with Gasteiger partial charge >= 0.3 is 0 Å². The van der Waals surface area contributed by atoms with Crippen LogP contribution in [0.3, 0.4) is 0 Å². The van der Waals surface area contributed by atoms with Crippen molar-refractivity contribution in [2.75, 3.05) is 31.1 Å². The van der Waals surface area contributed by atoms with Gasteiger partial charge in [0.1, 0.15) is 0 Å². The number of halogens is 1. The predicted molar refractivity (Wildman–Crippen MR) is 83.0 cm³/mol. The van der Waals surface area contributed by atoms with Gasteiger partial charge in [-0.25, -0.2) is 0 Å². The molecule has 0 aliphatic heterocycles. The van der Waals surface area contributed by atoms with E-state index in [0.29, 0.717) is 12.5 Å². The van der Waals surface area contributed by atoms with Crippen LogP contribution in [-0.2, 0) is 6.54 Å². The van der Waals surface area contributed by atoms with Crippen LogP contribution in [0.4, 0.5) is 5.69 Å². The molecule has 0 atom stereocenters. The van der Waals surface area contributed by atoms with Gasteiger partial charge in [0.2, 0.25) is 0 Å². The fraction of sp³-hybridized carbons (Fsp3) is 0.600. The lowest BCUT2D eigenvalue weighted by atomic mass is 10.1. The number of aliphatic hydroxyl groups is 1. The summed E-state index contributed by atoms with van der Waals surface area (Å²) in [4.78, 5) is 2.17. The van der Waals surface area contributed by atoms with Crippen molar-refractivity contribution in [3.8, 4) is 0 Å². The molecule has 1 aromatic carbocycles. The van der Waals surface area contributed by atoms with Gasteiger partial charge in [0.05, 0.1) is 6.61 Å². The van der Waals surface area contributed by atoms with Crippen LogP contribution < -0.4 is 10.2 Å². The first-order valence-corrected chi connectivity index (χ1v) is 7.31. The summed E-state index contributed by atoms with van der Waals surface area (Å²) < 4.78 is 0. The van der Waals surface area contributed by atoms with E-state index in [0.717, 1.165) is 30.3 Å². The Bertz CT molecular complexity index is 382. The summed E-state index contributed by atoms with van der Waals surface area (Å²) in [7, 11) is 0. The van der Waals surface area contributed by atoms with Crippen LogP contribution in [0.1, 0.15) is 26.3 Å². The van der Waals surface area contributed by atoms with Crippen LogP contribution >= 0.6 is 11.6 Å². The summed E-state index contributed by atoms with van der Waals surface area (Å²) in [5.74, 6) is 0.627. The highest BCUT2D eigenvalue weighted by Crippen LogP contribution is 2.24. The number of hydrogen-bond acceptors (Lipinski definition) is 3. The normalized spacial score (nSPS) is 11.1. The largest absolute Gasteiger partial charge is 0.395 e. The number of rotatable bonds is 8. The number of nitrogens with zero attached hydrogens (tertiary/aromatic N) is 1. The highest BCUT2D eigenvalue weighted by atomic mass is 35.5. The van der Waals surface area contributed by atoms with Crippen LogP contribution in [0.2, 0.25) is 5.02 Å². The average molecular weight is 285 g/mol. The van der Waals surface area contributed by atoms with E-state index in [-0.39, 0.29) is 6.61 Å². The molecule has 0 aliphatic carbocycles. The van der Waals surface area contributed by atoms with Crippen LogP contribution in [0.5, 0.6) is 0 Å². The highest BCUT2D eigenvalue weighted by molar-refractivity contribution is 6.30. The lowest BCUT2D eigenvalue weighted by molar-refractivity contribution is 0.302. The Balaban J connectivity index is 2.83. The summed E-state index contributed by atoms with van der Waals surface area (Å²) in [5.41, 5.74) is 2.33.